The van der Waals surface area contributed by atoms with Crippen LogP contribution in [0.3, 0.4) is 0 Å². The molecule has 0 saturated heterocycles. The Balaban J connectivity index is 1.82. The molecule has 0 aromatic carbocycles. The third kappa shape index (κ3) is 4.89. The molecule has 6 heteroatoms. The van der Waals surface area contributed by atoms with E-state index in [1.807, 2.05) is 24.4 Å². The number of amides is 2. The zero-order valence-electron chi connectivity index (χ0n) is 12.3. The molecule has 2 rings (SSSR count). The van der Waals surface area contributed by atoms with Crippen LogP contribution in [0.15, 0.2) is 46.4 Å². The number of carbonyl (C=O) groups is 2. The summed E-state index contributed by atoms with van der Waals surface area (Å²) in [4.78, 5) is 26.5. The highest BCUT2D eigenvalue weighted by Gasteiger charge is 2.13. The molecule has 0 aliphatic rings. The molecule has 0 saturated carbocycles. The van der Waals surface area contributed by atoms with Gasteiger partial charge in [0.15, 0.2) is 0 Å². The normalized spacial score (nSPS) is 10.8. The van der Waals surface area contributed by atoms with E-state index in [9.17, 15) is 9.59 Å². The highest BCUT2D eigenvalue weighted by Crippen LogP contribution is 2.07. The average molecular weight is 318 g/mol. The number of likely N-dealkylation sites (N-methyl/N-ethyl adjacent to an activating group) is 1. The molecule has 0 aliphatic heterocycles. The first kappa shape index (κ1) is 16.0. The second kappa shape index (κ2) is 8.19. The summed E-state index contributed by atoms with van der Waals surface area (Å²) in [6.07, 6.45) is 4.54. The molecule has 0 fully saturated rings. The van der Waals surface area contributed by atoms with Crippen LogP contribution >= 0.6 is 11.3 Å². The molecule has 5 nitrogen and oxygen atoms in total. The van der Waals surface area contributed by atoms with E-state index in [-0.39, 0.29) is 18.4 Å². The van der Waals surface area contributed by atoms with Gasteiger partial charge in [0, 0.05) is 17.5 Å². The number of hydrogen-bond acceptors (Lipinski definition) is 4. The van der Waals surface area contributed by atoms with E-state index in [0.717, 1.165) is 4.88 Å². The summed E-state index contributed by atoms with van der Waals surface area (Å²) in [7, 11) is 0. The lowest BCUT2D eigenvalue weighted by molar-refractivity contribution is -0.132. The summed E-state index contributed by atoms with van der Waals surface area (Å²) in [5, 5.41) is 4.77. The fourth-order valence-corrected chi connectivity index (χ4v) is 2.46. The zero-order valence-corrected chi connectivity index (χ0v) is 13.1. The molecule has 2 heterocycles. The van der Waals surface area contributed by atoms with Gasteiger partial charge in [0.2, 0.25) is 11.8 Å². The number of hydrogen-bond donors (Lipinski definition) is 1. The zero-order chi connectivity index (χ0) is 15.8. The maximum Gasteiger partial charge on any atom is 0.247 e. The maximum atomic E-state index is 12.1. The van der Waals surface area contributed by atoms with Crippen LogP contribution in [0.1, 0.15) is 17.6 Å². The van der Waals surface area contributed by atoms with Crippen LogP contribution in [0.2, 0.25) is 0 Å². The molecule has 2 amide bonds. The van der Waals surface area contributed by atoms with Crippen molar-refractivity contribution in [3.05, 3.63) is 52.6 Å². The molecular formula is C16H18N2O3S. The molecule has 1 N–H and O–H groups in total. The summed E-state index contributed by atoms with van der Waals surface area (Å²) in [6.45, 7) is 2.84. The van der Waals surface area contributed by atoms with Gasteiger partial charge in [-0.05, 0) is 36.6 Å². The Hall–Kier alpha value is -2.34. The first-order valence-electron chi connectivity index (χ1n) is 6.98. The number of carbonyl (C=O) groups excluding carboxylic acids is 2. The monoisotopic (exact) mass is 318 g/mol. The van der Waals surface area contributed by atoms with Gasteiger partial charge in [0.1, 0.15) is 5.76 Å². The molecule has 0 bridgehead atoms. The number of furan rings is 1. The van der Waals surface area contributed by atoms with Gasteiger partial charge in [0.25, 0.3) is 0 Å². The second-order valence-corrected chi connectivity index (χ2v) is 5.59. The van der Waals surface area contributed by atoms with E-state index in [0.29, 0.717) is 18.8 Å². The van der Waals surface area contributed by atoms with Gasteiger partial charge in [-0.3, -0.25) is 9.59 Å². The van der Waals surface area contributed by atoms with Crippen molar-refractivity contribution in [3.8, 4) is 0 Å². The van der Waals surface area contributed by atoms with Gasteiger partial charge < -0.3 is 14.6 Å². The number of nitrogens with one attached hydrogen (secondary N) is 1. The average Bonchev–Trinajstić information content (AvgIpc) is 3.21. The third-order valence-corrected chi connectivity index (χ3v) is 3.88. The van der Waals surface area contributed by atoms with Gasteiger partial charge >= 0.3 is 0 Å². The lowest BCUT2D eigenvalue weighted by atomic mass is 10.3. The van der Waals surface area contributed by atoms with Crippen molar-refractivity contribution in [2.45, 2.75) is 13.5 Å². The first-order chi connectivity index (χ1) is 10.7. The van der Waals surface area contributed by atoms with Crippen molar-refractivity contribution in [3.63, 3.8) is 0 Å². The summed E-state index contributed by atoms with van der Waals surface area (Å²) >= 11 is 1.59. The number of rotatable bonds is 7. The van der Waals surface area contributed by atoms with Crippen LogP contribution in [0.4, 0.5) is 0 Å². The van der Waals surface area contributed by atoms with E-state index < -0.39 is 0 Å². The highest BCUT2D eigenvalue weighted by molar-refractivity contribution is 7.09. The first-order valence-corrected chi connectivity index (χ1v) is 7.86. The van der Waals surface area contributed by atoms with E-state index >= 15 is 0 Å². The predicted octanol–water partition coefficient (Wildman–Crippen LogP) is 2.52. The standard InChI is InChI=1S/C16H18N2O3S/c1-2-18(16(20)8-7-13-5-3-9-21-13)12-15(19)17-11-14-6-4-10-22-14/h3-10H,2,11-12H2,1H3,(H,17,19). The van der Waals surface area contributed by atoms with Gasteiger partial charge in [-0.2, -0.15) is 0 Å². The molecule has 0 aliphatic carbocycles. The fourth-order valence-electron chi connectivity index (χ4n) is 1.82. The summed E-state index contributed by atoms with van der Waals surface area (Å²) < 4.78 is 5.12. The topological polar surface area (TPSA) is 62.6 Å². The Morgan fingerprint density at radius 1 is 1.36 bits per heavy atom. The summed E-state index contributed by atoms with van der Waals surface area (Å²) in [5.74, 6) is 0.215. The minimum absolute atomic E-state index is 0.0448. The molecule has 2 aromatic heterocycles. The Labute approximate surface area is 133 Å². The molecule has 22 heavy (non-hydrogen) atoms. The SMILES string of the molecule is CCN(CC(=O)NCc1cccs1)C(=O)C=Cc1ccco1. The highest BCUT2D eigenvalue weighted by atomic mass is 32.1. The summed E-state index contributed by atoms with van der Waals surface area (Å²) in [5.41, 5.74) is 0. The van der Waals surface area contributed by atoms with Gasteiger partial charge in [-0.25, -0.2) is 0 Å². The van der Waals surface area contributed by atoms with Crippen molar-refractivity contribution in [2.75, 3.05) is 13.1 Å². The molecule has 0 atom stereocenters. The van der Waals surface area contributed by atoms with Crippen molar-refractivity contribution in [1.82, 2.24) is 10.2 Å². The van der Waals surface area contributed by atoms with Crippen LogP contribution in [0, 0.1) is 0 Å². The van der Waals surface area contributed by atoms with Crippen molar-refractivity contribution in [2.24, 2.45) is 0 Å². The Bertz CT molecular complexity index is 618. The minimum Gasteiger partial charge on any atom is -0.465 e. The van der Waals surface area contributed by atoms with Gasteiger partial charge in [0.05, 0.1) is 19.4 Å². The van der Waals surface area contributed by atoms with Gasteiger partial charge in [-0.15, -0.1) is 11.3 Å². The minimum atomic E-state index is -0.217. The maximum absolute atomic E-state index is 12.1. The Morgan fingerprint density at radius 3 is 2.86 bits per heavy atom. The second-order valence-electron chi connectivity index (χ2n) is 4.56. The number of thiophene rings is 1. The molecule has 2 aromatic rings. The van der Waals surface area contributed by atoms with Crippen LogP contribution < -0.4 is 5.32 Å². The van der Waals surface area contributed by atoms with Crippen molar-refractivity contribution >= 4 is 29.2 Å². The molecule has 0 spiro atoms. The van der Waals surface area contributed by atoms with Crippen LogP contribution in [-0.4, -0.2) is 29.8 Å². The van der Waals surface area contributed by atoms with E-state index in [2.05, 4.69) is 5.32 Å². The quantitative estimate of drug-likeness (QED) is 0.798. The molecule has 116 valence electrons. The molecule has 0 radical (unpaired) electrons. The van der Waals surface area contributed by atoms with Crippen LogP contribution in [0.25, 0.3) is 6.08 Å². The summed E-state index contributed by atoms with van der Waals surface area (Å²) in [6, 6.07) is 7.40. The fraction of sp³-hybridized carbons (Fsp3) is 0.250. The van der Waals surface area contributed by atoms with Crippen LogP contribution in [0.5, 0.6) is 0 Å². The Morgan fingerprint density at radius 2 is 2.23 bits per heavy atom. The largest absolute Gasteiger partial charge is 0.465 e. The van der Waals surface area contributed by atoms with Gasteiger partial charge in [-0.1, -0.05) is 6.07 Å². The third-order valence-electron chi connectivity index (χ3n) is 3.00. The van der Waals surface area contributed by atoms with E-state index in [1.54, 1.807) is 35.8 Å². The van der Waals surface area contributed by atoms with Crippen molar-refractivity contribution in [1.29, 1.82) is 0 Å². The molecule has 0 unspecified atom stereocenters. The number of nitrogens with zero attached hydrogens (tertiary/aromatic N) is 1. The Kier molecular flexibility index (Phi) is 5.97. The predicted molar refractivity (Wildman–Crippen MR) is 86.2 cm³/mol. The van der Waals surface area contributed by atoms with Crippen molar-refractivity contribution < 1.29 is 14.0 Å². The van der Waals surface area contributed by atoms with E-state index in [1.165, 1.54) is 11.0 Å². The lowest BCUT2D eigenvalue weighted by Crippen LogP contribution is -2.39. The molecular weight excluding hydrogens is 300 g/mol. The lowest BCUT2D eigenvalue weighted by Gasteiger charge is -2.18. The van der Waals surface area contributed by atoms with E-state index in [4.69, 9.17) is 4.42 Å². The smallest absolute Gasteiger partial charge is 0.247 e. The van der Waals surface area contributed by atoms with Crippen LogP contribution in [-0.2, 0) is 16.1 Å².